The Morgan fingerprint density at radius 3 is 1.28 bits per heavy atom. The first-order valence-corrected chi connectivity index (χ1v) is 14.6. The standard InChI is InChI=1S/C34H36N2O10/c1-39-25-7-5-19(11-27(25)41-3)33(21-13-29-31(15-23(21)37)45-17-43-29)35-9-10-36-34(20-6-8-26(40-2)28(12-20)42-4)22-14-30-32(16-24(22)38)46-18-44-30/h5-8,11-16,33-38H,9-10,17-18H2,1-4H3/t33-,34+. The summed E-state index contributed by atoms with van der Waals surface area (Å²) >= 11 is 0. The highest BCUT2D eigenvalue weighted by atomic mass is 16.7. The van der Waals surface area contributed by atoms with Gasteiger partial charge in [-0.1, -0.05) is 12.1 Å². The molecule has 4 N–H and O–H groups in total. The molecule has 242 valence electrons. The van der Waals surface area contributed by atoms with E-state index in [1.54, 1.807) is 52.7 Å². The lowest BCUT2D eigenvalue weighted by Crippen LogP contribution is -2.33. The van der Waals surface area contributed by atoms with Crippen LogP contribution < -0.4 is 48.5 Å². The Morgan fingerprint density at radius 1 is 0.543 bits per heavy atom. The number of rotatable bonds is 13. The number of methoxy groups -OCH3 is 4. The third kappa shape index (κ3) is 6.04. The van der Waals surface area contributed by atoms with Crippen LogP contribution in [0.2, 0.25) is 0 Å². The molecule has 0 aliphatic carbocycles. The monoisotopic (exact) mass is 632 g/mol. The quantitative estimate of drug-likeness (QED) is 0.153. The second kappa shape index (κ2) is 13.4. The summed E-state index contributed by atoms with van der Waals surface area (Å²) < 4.78 is 44.2. The summed E-state index contributed by atoms with van der Waals surface area (Å²) in [6, 6.07) is 16.9. The zero-order valence-electron chi connectivity index (χ0n) is 25.9. The Hall–Kier alpha value is -5.20. The maximum absolute atomic E-state index is 11.1. The number of hydrogen-bond acceptors (Lipinski definition) is 12. The first-order chi connectivity index (χ1) is 22.4. The molecule has 0 fully saturated rings. The van der Waals surface area contributed by atoms with Crippen molar-refractivity contribution in [1.82, 2.24) is 10.6 Å². The van der Waals surface area contributed by atoms with E-state index in [0.717, 1.165) is 11.1 Å². The Balaban J connectivity index is 1.29. The van der Waals surface area contributed by atoms with Gasteiger partial charge in [-0.25, -0.2) is 0 Å². The van der Waals surface area contributed by atoms with Crippen LogP contribution in [0.15, 0.2) is 60.7 Å². The minimum Gasteiger partial charge on any atom is -0.507 e. The number of aromatic hydroxyl groups is 2. The van der Waals surface area contributed by atoms with E-state index in [-0.39, 0.29) is 25.1 Å². The van der Waals surface area contributed by atoms with Crippen LogP contribution in [0.4, 0.5) is 0 Å². The van der Waals surface area contributed by atoms with Gasteiger partial charge in [0, 0.05) is 36.3 Å². The molecule has 12 nitrogen and oxygen atoms in total. The van der Waals surface area contributed by atoms with Crippen LogP contribution in [0.25, 0.3) is 0 Å². The number of nitrogens with one attached hydrogen (secondary N) is 2. The van der Waals surface area contributed by atoms with Crippen molar-refractivity contribution < 1.29 is 48.1 Å². The van der Waals surface area contributed by atoms with Crippen LogP contribution in [-0.4, -0.2) is 65.3 Å². The van der Waals surface area contributed by atoms with E-state index in [9.17, 15) is 10.2 Å². The Labute approximate surface area is 266 Å². The predicted molar refractivity (Wildman–Crippen MR) is 167 cm³/mol. The van der Waals surface area contributed by atoms with Crippen LogP contribution in [0.3, 0.4) is 0 Å². The zero-order chi connectivity index (χ0) is 32.2. The average Bonchev–Trinajstić information content (AvgIpc) is 3.74. The molecule has 0 aromatic heterocycles. The van der Waals surface area contributed by atoms with Crippen molar-refractivity contribution in [2.24, 2.45) is 0 Å². The van der Waals surface area contributed by atoms with Gasteiger partial charge in [-0.05, 0) is 47.5 Å². The fourth-order valence-electron chi connectivity index (χ4n) is 5.67. The second-order valence-corrected chi connectivity index (χ2v) is 10.5. The molecular formula is C34H36N2O10. The lowest BCUT2D eigenvalue weighted by atomic mass is 9.96. The van der Waals surface area contributed by atoms with E-state index in [1.165, 1.54) is 0 Å². The molecule has 12 heteroatoms. The highest BCUT2D eigenvalue weighted by Crippen LogP contribution is 2.44. The van der Waals surface area contributed by atoms with E-state index < -0.39 is 12.1 Å². The van der Waals surface area contributed by atoms with Gasteiger partial charge in [-0.3, -0.25) is 0 Å². The van der Waals surface area contributed by atoms with Crippen LogP contribution in [0.1, 0.15) is 34.3 Å². The summed E-state index contributed by atoms with van der Waals surface area (Å²) in [6.07, 6.45) is 0. The summed E-state index contributed by atoms with van der Waals surface area (Å²) in [4.78, 5) is 0. The normalized spacial score (nSPS) is 14.1. The van der Waals surface area contributed by atoms with Crippen molar-refractivity contribution in [1.29, 1.82) is 0 Å². The summed E-state index contributed by atoms with van der Waals surface area (Å²) in [5.74, 6) is 4.44. The van der Waals surface area contributed by atoms with Crippen molar-refractivity contribution in [2.45, 2.75) is 12.1 Å². The topological polar surface area (TPSA) is 138 Å². The summed E-state index contributed by atoms with van der Waals surface area (Å²) in [5.41, 5.74) is 2.86. The maximum atomic E-state index is 11.1. The number of hydrogen-bond donors (Lipinski definition) is 4. The molecule has 0 amide bonds. The minimum absolute atomic E-state index is 0.0537. The highest BCUT2D eigenvalue weighted by Gasteiger charge is 2.27. The van der Waals surface area contributed by atoms with Gasteiger partial charge < -0.3 is 58.7 Å². The largest absolute Gasteiger partial charge is 0.507 e. The first kappa shape index (κ1) is 30.8. The molecule has 0 spiro atoms. The number of fused-ring (bicyclic) bond motifs is 2. The SMILES string of the molecule is COc1ccc([C@@H](NCCN[C@@H](c2ccc(OC)c(OC)c2)c2cc3c(cc2O)OCO3)c2cc3c(cc2O)OCO3)cc1OC. The number of ether oxygens (including phenoxy) is 8. The maximum Gasteiger partial charge on any atom is 0.231 e. The zero-order valence-corrected chi connectivity index (χ0v) is 25.9. The lowest BCUT2D eigenvalue weighted by Gasteiger charge is -2.25. The second-order valence-electron chi connectivity index (χ2n) is 10.5. The molecule has 0 saturated heterocycles. The molecule has 46 heavy (non-hydrogen) atoms. The predicted octanol–water partition coefficient (Wildman–Crippen LogP) is 4.65. The summed E-state index contributed by atoms with van der Waals surface area (Å²) in [6.45, 7) is 1.06. The summed E-state index contributed by atoms with van der Waals surface area (Å²) in [5, 5.41) is 29.2. The van der Waals surface area contributed by atoms with Gasteiger partial charge in [0.25, 0.3) is 0 Å². The third-order valence-electron chi connectivity index (χ3n) is 7.97. The number of benzene rings is 4. The van der Waals surface area contributed by atoms with Crippen molar-refractivity contribution in [3.05, 3.63) is 82.9 Å². The molecule has 2 aliphatic rings. The van der Waals surface area contributed by atoms with Crippen molar-refractivity contribution in [3.63, 3.8) is 0 Å². The fraction of sp³-hybridized carbons (Fsp3) is 0.294. The van der Waals surface area contributed by atoms with Gasteiger partial charge in [-0.2, -0.15) is 0 Å². The lowest BCUT2D eigenvalue weighted by molar-refractivity contribution is 0.173. The van der Waals surface area contributed by atoms with Gasteiger partial charge in [0.2, 0.25) is 13.6 Å². The molecule has 2 atom stereocenters. The van der Waals surface area contributed by atoms with Crippen LogP contribution in [0, 0.1) is 0 Å². The van der Waals surface area contributed by atoms with E-state index in [1.807, 2.05) is 36.4 Å². The van der Waals surface area contributed by atoms with Crippen molar-refractivity contribution >= 4 is 0 Å². The molecule has 0 radical (unpaired) electrons. The Kier molecular flexibility index (Phi) is 8.99. The van der Waals surface area contributed by atoms with Crippen LogP contribution in [0.5, 0.6) is 57.5 Å². The van der Waals surface area contributed by atoms with Gasteiger partial charge in [0.05, 0.1) is 40.5 Å². The van der Waals surface area contributed by atoms with Gasteiger partial charge in [0.15, 0.2) is 46.0 Å². The molecule has 2 aliphatic heterocycles. The molecule has 0 saturated carbocycles. The van der Waals surface area contributed by atoms with E-state index in [0.29, 0.717) is 70.2 Å². The molecular weight excluding hydrogens is 596 g/mol. The number of phenolic OH excluding ortho intramolecular Hbond substituents is 2. The first-order valence-electron chi connectivity index (χ1n) is 14.6. The summed E-state index contributed by atoms with van der Waals surface area (Å²) in [7, 11) is 6.31. The molecule has 6 rings (SSSR count). The number of phenols is 2. The highest BCUT2D eigenvalue weighted by molar-refractivity contribution is 5.57. The molecule has 4 aromatic carbocycles. The van der Waals surface area contributed by atoms with E-state index in [2.05, 4.69) is 10.6 Å². The van der Waals surface area contributed by atoms with Gasteiger partial charge >= 0.3 is 0 Å². The molecule has 0 unspecified atom stereocenters. The molecule has 4 aromatic rings. The Bertz CT molecular complexity index is 1590. The smallest absolute Gasteiger partial charge is 0.231 e. The van der Waals surface area contributed by atoms with E-state index in [4.69, 9.17) is 37.9 Å². The average molecular weight is 633 g/mol. The fourth-order valence-corrected chi connectivity index (χ4v) is 5.67. The Morgan fingerprint density at radius 2 is 0.913 bits per heavy atom. The third-order valence-corrected chi connectivity index (χ3v) is 7.97. The molecule has 0 bridgehead atoms. The van der Waals surface area contributed by atoms with Crippen LogP contribution >= 0.6 is 0 Å². The van der Waals surface area contributed by atoms with Crippen molar-refractivity contribution in [3.8, 4) is 57.5 Å². The van der Waals surface area contributed by atoms with Gasteiger partial charge in [0.1, 0.15) is 11.5 Å². The van der Waals surface area contributed by atoms with E-state index >= 15 is 0 Å². The van der Waals surface area contributed by atoms with Crippen molar-refractivity contribution in [2.75, 3.05) is 55.1 Å². The minimum atomic E-state index is -0.463. The van der Waals surface area contributed by atoms with Crippen LogP contribution in [-0.2, 0) is 0 Å². The molecule has 2 heterocycles. The van der Waals surface area contributed by atoms with Gasteiger partial charge in [-0.15, -0.1) is 0 Å².